The van der Waals surface area contributed by atoms with Crippen LogP contribution in [-0.4, -0.2) is 0 Å². The quantitative estimate of drug-likeness (QED) is 0.838. The van der Waals surface area contributed by atoms with E-state index in [9.17, 15) is 0 Å². The highest BCUT2D eigenvalue weighted by molar-refractivity contribution is 5.11. The number of hydrogen-bond donors (Lipinski definition) is 1. The Bertz CT molecular complexity index is 417. The van der Waals surface area contributed by atoms with Gasteiger partial charge in [0.1, 0.15) is 11.5 Å². The first-order valence-corrected chi connectivity index (χ1v) is 5.62. The Balaban J connectivity index is 1.87. The van der Waals surface area contributed by atoms with E-state index in [2.05, 4.69) is 19.2 Å². The second-order valence-electron chi connectivity index (χ2n) is 3.88. The summed E-state index contributed by atoms with van der Waals surface area (Å²) in [6.45, 7) is 4.94. The van der Waals surface area contributed by atoms with Crippen LogP contribution in [0.1, 0.15) is 37.0 Å². The number of hydrogen-bond acceptors (Lipinski definition) is 3. The fourth-order valence-electron chi connectivity index (χ4n) is 1.60. The molecule has 0 radical (unpaired) electrons. The van der Waals surface area contributed by atoms with Crippen molar-refractivity contribution in [2.45, 2.75) is 32.9 Å². The molecule has 1 N–H and O–H groups in total. The van der Waals surface area contributed by atoms with Gasteiger partial charge in [-0.1, -0.05) is 6.92 Å². The zero-order chi connectivity index (χ0) is 11.4. The minimum absolute atomic E-state index is 0.272. The van der Waals surface area contributed by atoms with Gasteiger partial charge in [0.05, 0.1) is 19.1 Å². The molecule has 0 aliphatic carbocycles. The summed E-state index contributed by atoms with van der Waals surface area (Å²) in [5, 5.41) is 3.38. The van der Waals surface area contributed by atoms with Gasteiger partial charge in [0, 0.05) is 18.0 Å². The van der Waals surface area contributed by atoms with E-state index in [1.807, 2.05) is 18.2 Å². The Kier molecular flexibility index (Phi) is 3.47. The molecule has 3 nitrogen and oxygen atoms in total. The van der Waals surface area contributed by atoms with Crippen molar-refractivity contribution >= 4 is 0 Å². The van der Waals surface area contributed by atoms with Crippen molar-refractivity contribution in [3.63, 3.8) is 0 Å². The van der Waals surface area contributed by atoms with Crippen LogP contribution in [0, 0.1) is 0 Å². The normalized spacial score (nSPS) is 12.9. The maximum atomic E-state index is 5.61. The summed E-state index contributed by atoms with van der Waals surface area (Å²) in [4.78, 5) is 0. The fourth-order valence-corrected chi connectivity index (χ4v) is 1.60. The van der Waals surface area contributed by atoms with Gasteiger partial charge in [0.25, 0.3) is 0 Å². The molecule has 0 amide bonds. The first-order chi connectivity index (χ1) is 7.79. The van der Waals surface area contributed by atoms with Crippen molar-refractivity contribution in [3.05, 3.63) is 47.8 Å². The fraction of sp³-hybridized carbons (Fsp3) is 0.385. The number of nitrogens with one attached hydrogen (secondary N) is 1. The van der Waals surface area contributed by atoms with Gasteiger partial charge < -0.3 is 14.2 Å². The van der Waals surface area contributed by atoms with Crippen molar-refractivity contribution in [2.24, 2.45) is 0 Å². The number of rotatable bonds is 5. The maximum Gasteiger partial charge on any atom is 0.117 e. The first kappa shape index (κ1) is 11.0. The molecule has 86 valence electrons. The predicted octanol–water partition coefficient (Wildman–Crippen LogP) is 3.29. The van der Waals surface area contributed by atoms with Crippen LogP contribution in [-0.2, 0) is 13.0 Å². The Morgan fingerprint density at radius 3 is 2.69 bits per heavy atom. The van der Waals surface area contributed by atoms with E-state index in [-0.39, 0.29) is 6.04 Å². The second kappa shape index (κ2) is 5.03. The molecule has 0 fully saturated rings. The summed E-state index contributed by atoms with van der Waals surface area (Å²) >= 11 is 0. The molecular formula is C13H17NO2. The minimum Gasteiger partial charge on any atom is -0.472 e. The van der Waals surface area contributed by atoms with E-state index in [4.69, 9.17) is 8.83 Å². The molecule has 0 aromatic carbocycles. The maximum absolute atomic E-state index is 5.61. The van der Waals surface area contributed by atoms with Crippen molar-refractivity contribution < 1.29 is 8.83 Å². The highest BCUT2D eigenvalue weighted by atomic mass is 16.3. The van der Waals surface area contributed by atoms with Gasteiger partial charge in [0.2, 0.25) is 0 Å². The molecule has 1 unspecified atom stereocenters. The van der Waals surface area contributed by atoms with Gasteiger partial charge in [0.15, 0.2) is 0 Å². The Morgan fingerprint density at radius 2 is 2.06 bits per heavy atom. The summed E-state index contributed by atoms with van der Waals surface area (Å²) < 4.78 is 10.7. The van der Waals surface area contributed by atoms with Crippen molar-refractivity contribution in [3.8, 4) is 0 Å². The molecule has 16 heavy (non-hydrogen) atoms. The molecule has 2 rings (SSSR count). The molecule has 0 aliphatic heterocycles. The Morgan fingerprint density at radius 1 is 1.25 bits per heavy atom. The van der Waals surface area contributed by atoms with E-state index < -0.39 is 0 Å². The van der Waals surface area contributed by atoms with Crippen LogP contribution >= 0.6 is 0 Å². The van der Waals surface area contributed by atoms with Crippen LogP contribution in [0.15, 0.2) is 39.6 Å². The predicted molar refractivity (Wildman–Crippen MR) is 62.0 cm³/mol. The minimum atomic E-state index is 0.272. The lowest BCUT2D eigenvalue weighted by atomic mass is 10.2. The molecular weight excluding hydrogens is 202 g/mol. The molecule has 2 aromatic heterocycles. The van der Waals surface area contributed by atoms with E-state index in [1.165, 1.54) is 0 Å². The van der Waals surface area contributed by atoms with Gasteiger partial charge in [-0.25, -0.2) is 0 Å². The molecule has 0 aliphatic rings. The molecule has 2 aromatic rings. The zero-order valence-corrected chi connectivity index (χ0v) is 9.69. The average Bonchev–Trinajstić information content (AvgIpc) is 2.96. The molecule has 0 bridgehead atoms. The molecule has 3 heteroatoms. The number of aryl methyl sites for hydroxylation is 1. The third-order valence-electron chi connectivity index (χ3n) is 2.69. The van der Waals surface area contributed by atoms with Gasteiger partial charge >= 0.3 is 0 Å². The summed E-state index contributed by atoms with van der Waals surface area (Å²) in [5.41, 5.74) is 1.15. The SMILES string of the molecule is CCc1ccc(CNC(C)c2ccoc2)o1. The molecule has 2 heterocycles. The van der Waals surface area contributed by atoms with Crippen LogP contribution in [0.5, 0.6) is 0 Å². The third-order valence-corrected chi connectivity index (χ3v) is 2.69. The first-order valence-electron chi connectivity index (χ1n) is 5.62. The molecule has 0 spiro atoms. The largest absolute Gasteiger partial charge is 0.472 e. The van der Waals surface area contributed by atoms with Crippen LogP contribution in [0.2, 0.25) is 0 Å². The average molecular weight is 219 g/mol. The van der Waals surface area contributed by atoms with E-state index in [0.29, 0.717) is 0 Å². The van der Waals surface area contributed by atoms with Crippen molar-refractivity contribution in [2.75, 3.05) is 0 Å². The topological polar surface area (TPSA) is 38.3 Å². The van der Waals surface area contributed by atoms with Gasteiger partial charge in [-0.05, 0) is 25.1 Å². The monoisotopic (exact) mass is 219 g/mol. The summed E-state index contributed by atoms with van der Waals surface area (Å²) in [6, 6.07) is 6.29. The van der Waals surface area contributed by atoms with E-state index >= 15 is 0 Å². The highest BCUT2D eigenvalue weighted by Crippen LogP contribution is 2.14. The lowest BCUT2D eigenvalue weighted by Crippen LogP contribution is -2.17. The standard InChI is InChI=1S/C13H17NO2/c1-3-12-4-5-13(16-12)8-14-10(2)11-6-7-15-9-11/h4-7,9-10,14H,3,8H2,1-2H3. The van der Waals surface area contributed by atoms with E-state index in [1.54, 1.807) is 12.5 Å². The Labute approximate surface area is 95.5 Å². The Hall–Kier alpha value is -1.48. The van der Waals surface area contributed by atoms with Crippen molar-refractivity contribution in [1.82, 2.24) is 5.32 Å². The number of furan rings is 2. The summed E-state index contributed by atoms with van der Waals surface area (Å²) in [7, 11) is 0. The third kappa shape index (κ3) is 2.55. The van der Waals surface area contributed by atoms with Gasteiger partial charge in [-0.15, -0.1) is 0 Å². The summed E-state index contributed by atoms with van der Waals surface area (Å²) in [5.74, 6) is 2.01. The zero-order valence-electron chi connectivity index (χ0n) is 9.69. The highest BCUT2D eigenvalue weighted by Gasteiger charge is 2.07. The van der Waals surface area contributed by atoms with E-state index in [0.717, 1.165) is 30.0 Å². The lowest BCUT2D eigenvalue weighted by Gasteiger charge is -2.10. The van der Waals surface area contributed by atoms with Crippen molar-refractivity contribution in [1.29, 1.82) is 0 Å². The lowest BCUT2D eigenvalue weighted by molar-refractivity contribution is 0.434. The van der Waals surface area contributed by atoms with Gasteiger partial charge in [-0.2, -0.15) is 0 Å². The second-order valence-corrected chi connectivity index (χ2v) is 3.88. The van der Waals surface area contributed by atoms with Gasteiger partial charge in [-0.3, -0.25) is 0 Å². The smallest absolute Gasteiger partial charge is 0.117 e. The van der Waals surface area contributed by atoms with Crippen LogP contribution in [0.25, 0.3) is 0 Å². The van der Waals surface area contributed by atoms with Crippen LogP contribution in [0.4, 0.5) is 0 Å². The molecule has 1 atom stereocenters. The summed E-state index contributed by atoms with van der Waals surface area (Å²) in [6.07, 6.45) is 4.39. The molecule has 0 saturated heterocycles. The molecule has 0 saturated carbocycles. The van der Waals surface area contributed by atoms with Crippen LogP contribution < -0.4 is 5.32 Å². The van der Waals surface area contributed by atoms with Crippen LogP contribution in [0.3, 0.4) is 0 Å².